The van der Waals surface area contributed by atoms with Crippen LogP contribution in [0.15, 0.2) is 53.6 Å². The number of benzene rings is 2. The number of hydrogen-bond donors (Lipinski definition) is 2. The fraction of sp³-hybridized carbons (Fsp3) is 0.0952. The molecule has 0 atom stereocenters. The van der Waals surface area contributed by atoms with Crippen molar-refractivity contribution in [1.29, 1.82) is 0 Å². The average molecular weight is 397 g/mol. The minimum Gasteiger partial charge on any atom is -0.478 e. The van der Waals surface area contributed by atoms with E-state index in [9.17, 15) is 23.5 Å². The first-order valence-corrected chi connectivity index (χ1v) is 8.59. The maximum Gasteiger partial charge on any atom is 0.337 e. The molecule has 0 aliphatic heterocycles. The third-order valence-corrected chi connectivity index (χ3v) is 4.33. The maximum absolute atomic E-state index is 13.2. The van der Waals surface area contributed by atoms with Gasteiger partial charge in [0.2, 0.25) is 0 Å². The highest BCUT2D eigenvalue weighted by Gasteiger charge is 2.17. The molecule has 0 unspecified atom stereocenters. The van der Waals surface area contributed by atoms with Gasteiger partial charge in [0.15, 0.2) is 11.6 Å². The van der Waals surface area contributed by atoms with Crippen LogP contribution in [0.1, 0.15) is 37.7 Å². The van der Waals surface area contributed by atoms with Crippen molar-refractivity contribution in [3.05, 3.63) is 88.2 Å². The van der Waals surface area contributed by atoms with Crippen LogP contribution < -0.4 is 5.43 Å². The first-order valence-electron chi connectivity index (χ1n) is 8.59. The van der Waals surface area contributed by atoms with Gasteiger partial charge < -0.3 is 9.67 Å². The van der Waals surface area contributed by atoms with E-state index in [1.807, 2.05) is 26.0 Å². The van der Waals surface area contributed by atoms with E-state index in [-0.39, 0.29) is 16.7 Å². The fourth-order valence-corrected chi connectivity index (χ4v) is 2.91. The van der Waals surface area contributed by atoms with Crippen LogP contribution in [0.2, 0.25) is 0 Å². The predicted octanol–water partition coefficient (Wildman–Crippen LogP) is 3.83. The van der Waals surface area contributed by atoms with Gasteiger partial charge in [0.25, 0.3) is 5.91 Å². The van der Waals surface area contributed by atoms with Gasteiger partial charge in [0.05, 0.1) is 17.5 Å². The number of aromatic nitrogens is 1. The molecule has 148 valence electrons. The number of carboxylic acid groups (broad SMARTS) is 1. The number of nitrogens with one attached hydrogen (secondary N) is 1. The Labute approximate surface area is 165 Å². The van der Waals surface area contributed by atoms with Gasteiger partial charge in [-0.3, -0.25) is 4.79 Å². The summed E-state index contributed by atoms with van der Waals surface area (Å²) >= 11 is 0. The minimum atomic E-state index is -1.11. The quantitative estimate of drug-likeness (QED) is 0.507. The van der Waals surface area contributed by atoms with Crippen LogP contribution in [0.25, 0.3) is 5.69 Å². The first-order chi connectivity index (χ1) is 13.8. The van der Waals surface area contributed by atoms with Crippen LogP contribution in [0.4, 0.5) is 8.78 Å². The zero-order valence-electron chi connectivity index (χ0n) is 15.6. The van der Waals surface area contributed by atoms with Crippen molar-refractivity contribution in [3.63, 3.8) is 0 Å². The number of hydrogen-bond acceptors (Lipinski definition) is 3. The second kappa shape index (κ2) is 8.05. The first kappa shape index (κ1) is 19.9. The van der Waals surface area contributed by atoms with Crippen LogP contribution in [-0.4, -0.2) is 27.8 Å². The summed E-state index contributed by atoms with van der Waals surface area (Å²) < 4.78 is 27.9. The number of nitrogens with zero attached hydrogens (tertiary/aromatic N) is 2. The zero-order valence-corrected chi connectivity index (χ0v) is 15.6. The zero-order chi connectivity index (χ0) is 21.1. The Morgan fingerprint density at radius 1 is 1.00 bits per heavy atom. The van der Waals surface area contributed by atoms with Crippen molar-refractivity contribution < 1.29 is 23.5 Å². The van der Waals surface area contributed by atoms with Crippen molar-refractivity contribution in [2.75, 3.05) is 0 Å². The van der Waals surface area contributed by atoms with Crippen molar-refractivity contribution in [1.82, 2.24) is 9.99 Å². The van der Waals surface area contributed by atoms with Crippen LogP contribution in [0, 0.1) is 25.5 Å². The van der Waals surface area contributed by atoms with Crippen molar-refractivity contribution in [2.24, 2.45) is 5.10 Å². The third kappa shape index (κ3) is 4.21. The molecule has 2 aromatic carbocycles. The highest BCUT2D eigenvalue weighted by Crippen LogP contribution is 2.22. The molecule has 3 aromatic rings. The molecule has 2 N–H and O–H groups in total. The summed E-state index contributed by atoms with van der Waals surface area (Å²) in [6.45, 7) is 3.66. The van der Waals surface area contributed by atoms with Gasteiger partial charge in [-0.05, 0) is 61.9 Å². The summed E-state index contributed by atoms with van der Waals surface area (Å²) in [4.78, 5) is 24.0. The second-order valence-corrected chi connectivity index (χ2v) is 6.36. The van der Waals surface area contributed by atoms with E-state index in [1.165, 1.54) is 30.5 Å². The molecular formula is C21H17F2N3O3. The topological polar surface area (TPSA) is 83.7 Å². The number of carbonyl (C=O) groups excluding carboxylic acids is 1. The normalized spacial score (nSPS) is 11.0. The maximum atomic E-state index is 13.2. The Morgan fingerprint density at radius 3 is 2.31 bits per heavy atom. The molecule has 8 heteroatoms. The lowest BCUT2D eigenvalue weighted by atomic mass is 10.1. The molecule has 29 heavy (non-hydrogen) atoms. The Hall–Kier alpha value is -3.81. The Bertz CT molecular complexity index is 1120. The number of rotatable bonds is 5. The predicted molar refractivity (Wildman–Crippen MR) is 104 cm³/mol. The summed E-state index contributed by atoms with van der Waals surface area (Å²) in [7, 11) is 0. The molecule has 3 rings (SSSR count). The molecule has 0 aliphatic carbocycles. The van der Waals surface area contributed by atoms with Crippen LogP contribution in [-0.2, 0) is 0 Å². The number of carboxylic acids is 1. The lowest BCUT2D eigenvalue weighted by molar-refractivity contribution is 0.0696. The number of halogens is 2. The lowest BCUT2D eigenvalue weighted by Gasteiger charge is -2.14. The Kier molecular flexibility index (Phi) is 5.54. The molecule has 0 saturated heterocycles. The van der Waals surface area contributed by atoms with Crippen LogP contribution in [0.5, 0.6) is 0 Å². The molecule has 1 aromatic heterocycles. The summed E-state index contributed by atoms with van der Waals surface area (Å²) in [6, 6.07) is 11.1. The van der Waals surface area contributed by atoms with Crippen molar-refractivity contribution in [2.45, 2.75) is 13.8 Å². The largest absolute Gasteiger partial charge is 0.478 e. The van der Waals surface area contributed by atoms with Crippen LogP contribution >= 0.6 is 0 Å². The molecular weight excluding hydrogens is 380 g/mol. The van der Waals surface area contributed by atoms with E-state index in [4.69, 9.17) is 0 Å². The van der Waals surface area contributed by atoms with Gasteiger partial charge in [-0.1, -0.05) is 6.07 Å². The van der Waals surface area contributed by atoms with E-state index in [2.05, 4.69) is 10.5 Å². The molecule has 0 spiro atoms. The number of aryl methyl sites for hydroxylation is 2. The van der Waals surface area contributed by atoms with E-state index in [1.54, 1.807) is 4.57 Å². The third-order valence-electron chi connectivity index (χ3n) is 4.33. The molecule has 0 bridgehead atoms. The molecule has 0 fully saturated rings. The number of hydrazone groups is 1. The minimum absolute atomic E-state index is 0.0502. The summed E-state index contributed by atoms with van der Waals surface area (Å²) in [6.07, 6.45) is 1.17. The van der Waals surface area contributed by atoms with E-state index >= 15 is 0 Å². The van der Waals surface area contributed by atoms with Crippen LogP contribution in [0.3, 0.4) is 0 Å². The standard InChI is InChI=1S/C21H17F2N3O3/c1-12-3-4-13(2)26(12)19-10-15(6-7-16(19)21(28)29)20(27)25-24-11-14-5-8-17(22)18(23)9-14/h3-11H,1-2H3,(H,25,27)(H,28,29). The highest BCUT2D eigenvalue weighted by atomic mass is 19.2. The second-order valence-electron chi connectivity index (χ2n) is 6.36. The molecule has 1 amide bonds. The Morgan fingerprint density at radius 2 is 1.69 bits per heavy atom. The molecule has 6 nitrogen and oxygen atoms in total. The van der Waals surface area contributed by atoms with Crippen molar-refractivity contribution >= 4 is 18.1 Å². The van der Waals surface area contributed by atoms with Gasteiger partial charge in [0, 0.05) is 17.0 Å². The average Bonchev–Trinajstić information content (AvgIpc) is 3.02. The van der Waals surface area contributed by atoms with Gasteiger partial charge in [-0.2, -0.15) is 5.10 Å². The Balaban J connectivity index is 1.87. The summed E-state index contributed by atoms with van der Waals surface area (Å²) in [5.41, 5.74) is 4.80. The van der Waals surface area contributed by atoms with E-state index in [0.717, 1.165) is 23.5 Å². The van der Waals surface area contributed by atoms with Gasteiger partial charge >= 0.3 is 5.97 Å². The van der Waals surface area contributed by atoms with E-state index in [0.29, 0.717) is 5.69 Å². The molecule has 1 heterocycles. The smallest absolute Gasteiger partial charge is 0.337 e. The van der Waals surface area contributed by atoms with Gasteiger partial charge in [-0.25, -0.2) is 19.0 Å². The van der Waals surface area contributed by atoms with Gasteiger partial charge in [-0.15, -0.1) is 0 Å². The summed E-state index contributed by atoms with van der Waals surface area (Å²) in [5, 5.41) is 13.2. The monoisotopic (exact) mass is 397 g/mol. The number of carbonyl (C=O) groups is 2. The molecule has 0 radical (unpaired) electrons. The molecule has 0 saturated carbocycles. The highest BCUT2D eigenvalue weighted by molar-refractivity contribution is 5.98. The molecule has 0 aliphatic rings. The number of aromatic carboxylic acids is 1. The van der Waals surface area contributed by atoms with Gasteiger partial charge in [0.1, 0.15) is 0 Å². The fourth-order valence-electron chi connectivity index (χ4n) is 2.91. The summed E-state index contributed by atoms with van der Waals surface area (Å²) in [5.74, 6) is -3.69. The van der Waals surface area contributed by atoms with E-state index < -0.39 is 23.5 Å². The van der Waals surface area contributed by atoms with Crippen molar-refractivity contribution in [3.8, 4) is 5.69 Å². The SMILES string of the molecule is Cc1ccc(C)n1-c1cc(C(=O)NN=Cc2ccc(F)c(F)c2)ccc1C(=O)O. The lowest BCUT2D eigenvalue weighted by Crippen LogP contribution is -2.19. The number of amides is 1.